The summed E-state index contributed by atoms with van der Waals surface area (Å²) in [5.74, 6) is -3.18. The fourth-order valence-electron chi connectivity index (χ4n) is 8.30. The predicted molar refractivity (Wildman–Crippen MR) is 427 cm³/mol. The summed E-state index contributed by atoms with van der Waals surface area (Å²) in [4.78, 5) is 139. The zero-order chi connectivity index (χ0) is 82.6. The summed E-state index contributed by atoms with van der Waals surface area (Å²) in [5.41, 5.74) is 10.6. The Balaban J connectivity index is 0.000000446. The quantitative estimate of drug-likeness (QED) is 0.0123. The summed E-state index contributed by atoms with van der Waals surface area (Å²) in [6, 6.07) is 39.1. The number of aromatic carboxylic acids is 1. The Morgan fingerprint density at radius 2 is 0.788 bits per heavy atom. The molecule has 1 saturated heterocycles. The van der Waals surface area contributed by atoms with Crippen molar-refractivity contribution in [3.63, 3.8) is 0 Å². The van der Waals surface area contributed by atoms with Crippen LogP contribution in [0.5, 0.6) is 0 Å². The number of nitrogens with one attached hydrogen (secondary N) is 2. The highest BCUT2D eigenvalue weighted by molar-refractivity contribution is 9.10. The van der Waals surface area contributed by atoms with E-state index in [1.807, 2.05) is 0 Å². The van der Waals surface area contributed by atoms with Crippen molar-refractivity contribution in [2.45, 2.75) is 57.0 Å². The lowest BCUT2D eigenvalue weighted by atomic mass is 9.80. The maximum absolute atomic E-state index is 12.2. The van der Waals surface area contributed by atoms with E-state index in [9.17, 15) is 43.2 Å². The first-order chi connectivity index (χ1) is 53.7. The maximum atomic E-state index is 12.2. The number of aromatic nitrogens is 10. The number of nitrogens with zero attached hydrogens (tertiary/aromatic N) is 10. The van der Waals surface area contributed by atoms with Crippen LogP contribution in [0, 0.1) is 0 Å². The van der Waals surface area contributed by atoms with Crippen molar-refractivity contribution in [2.75, 3.05) is 41.5 Å². The van der Waals surface area contributed by atoms with Gasteiger partial charge in [0, 0.05) is 130 Å². The molecule has 0 aliphatic carbocycles. The average Bonchev–Trinajstić information content (AvgIpc) is 0.879. The highest BCUT2D eigenvalue weighted by atomic mass is 79.9. The number of aliphatic carboxylic acids is 2. The molecule has 113 heavy (non-hydrogen) atoms. The first-order valence-corrected chi connectivity index (χ1v) is 36.8. The summed E-state index contributed by atoms with van der Waals surface area (Å²) in [7, 11) is 11.0. The minimum absolute atomic E-state index is 0. The van der Waals surface area contributed by atoms with Crippen molar-refractivity contribution in [2.24, 2.45) is 5.73 Å². The minimum atomic E-state index is -1.67. The normalized spacial score (nSPS) is 10.9. The van der Waals surface area contributed by atoms with Crippen molar-refractivity contribution >= 4 is 136 Å². The second kappa shape index (κ2) is 56.8. The van der Waals surface area contributed by atoms with E-state index in [1.165, 1.54) is 97.2 Å². The molecule has 1 aliphatic rings. The van der Waals surface area contributed by atoms with Gasteiger partial charge in [0.2, 0.25) is 9.23 Å². The van der Waals surface area contributed by atoms with Gasteiger partial charge in [0.1, 0.15) is 12.1 Å². The molecule has 9 N–H and O–H groups in total. The van der Waals surface area contributed by atoms with Gasteiger partial charge >= 0.3 is 48.9 Å². The van der Waals surface area contributed by atoms with E-state index in [2.05, 4.69) is 117 Å². The number of amides is 1. The number of hydrogen-bond acceptors (Lipinski definition) is 28. The number of carboxylic acid groups (broad SMARTS) is 3. The highest BCUT2D eigenvalue weighted by Crippen LogP contribution is 2.19. The molecule has 596 valence electrons. The number of esters is 4. The van der Waals surface area contributed by atoms with Gasteiger partial charge in [-0.3, -0.25) is 24.0 Å². The van der Waals surface area contributed by atoms with E-state index in [0.717, 1.165) is 22.3 Å². The molecule has 2 atom stereocenters. The van der Waals surface area contributed by atoms with Crippen LogP contribution >= 0.6 is 61.3 Å². The number of carbonyl (C=O) groups excluding carboxylic acids is 6. The van der Waals surface area contributed by atoms with Crippen molar-refractivity contribution in [1.29, 1.82) is 0 Å². The van der Waals surface area contributed by atoms with Crippen LogP contribution in [0.1, 0.15) is 96.7 Å². The Labute approximate surface area is 679 Å². The van der Waals surface area contributed by atoms with Crippen LogP contribution in [0.2, 0.25) is 0 Å². The number of carbonyl (C=O) groups is 9. The van der Waals surface area contributed by atoms with Gasteiger partial charge in [0.05, 0.1) is 45.1 Å². The second-order valence-corrected chi connectivity index (χ2v) is 25.3. The van der Waals surface area contributed by atoms with Gasteiger partial charge in [-0.25, -0.2) is 73.2 Å². The van der Waals surface area contributed by atoms with E-state index < -0.39 is 75.4 Å². The maximum Gasteiger partial charge on any atom is 0.488 e. The zero-order valence-corrected chi connectivity index (χ0v) is 66.1. The van der Waals surface area contributed by atoms with Gasteiger partial charge in [0.25, 0.3) is 11.1 Å². The molecule has 11 rings (SSSR count). The lowest BCUT2D eigenvalue weighted by Crippen LogP contribution is -2.41. The third-order valence-electron chi connectivity index (χ3n) is 14.0. The Hall–Kier alpha value is -11.4. The largest absolute Gasteiger partial charge is 0.488 e. The number of rotatable bonds is 19. The van der Waals surface area contributed by atoms with Crippen LogP contribution in [-0.2, 0) is 47.4 Å². The van der Waals surface area contributed by atoms with Gasteiger partial charge in [-0.2, -0.15) is 0 Å². The Bertz CT molecular complexity index is 4390. The van der Waals surface area contributed by atoms with E-state index in [1.54, 1.807) is 177 Å². The predicted octanol–water partition coefficient (Wildman–Crippen LogP) is 9.54. The van der Waals surface area contributed by atoms with Crippen LogP contribution < -0.4 is 21.8 Å². The number of halogens is 5. The van der Waals surface area contributed by atoms with Gasteiger partial charge in [-0.15, -0.1) is 12.4 Å². The molecule has 6 heterocycles. The van der Waals surface area contributed by atoms with E-state index in [4.69, 9.17) is 46.9 Å². The van der Waals surface area contributed by atoms with Crippen molar-refractivity contribution < 1.29 is 91.7 Å². The van der Waals surface area contributed by atoms with E-state index in [-0.39, 0.29) is 49.6 Å². The number of methoxy groups -OCH3 is 4. The molecule has 5 aromatic heterocycles. The lowest BCUT2D eigenvalue weighted by molar-refractivity contribution is -0.143. The Morgan fingerprint density at radius 3 is 1.04 bits per heavy atom. The number of piperidine rings is 1. The molecule has 0 bridgehead atoms. The molecule has 39 heteroatoms. The van der Waals surface area contributed by atoms with Gasteiger partial charge in [-0.1, -0.05) is 67.1 Å². The Morgan fingerprint density at radius 1 is 0.478 bits per heavy atom. The summed E-state index contributed by atoms with van der Waals surface area (Å²) < 4.78 is 27.6. The van der Waals surface area contributed by atoms with E-state index in [0.29, 0.717) is 55.7 Å². The third kappa shape index (κ3) is 40.9. The van der Waals surface area contributed by atoms with Crippen LogP contribution in [0.25, 0.3) is 45.6 Å². The van der Waals surface area contributed by atoms with Crippen molar-refractivity contribution in [3.8, 4) is 45.6 Å². The minimum Gasteiger partial charge on any atom is -0.480 e. The fourth-order valence-corrected chi connectivity index (χ4v) is 8.67. The standard InChI is InChI=1S/C17H17N3O5.C12H10N2O2.C11H7ClN2O.C11H8N2O2.C8H9BO4.C6H11NO4.C5H11N.C4H3BrN2.Cl2OS.ClH/c1-25-14(21)8-7-13(17(23)24)20-16(22)12-5-3-11(4-6-12)15-18-9-2-10-19-15;1-16-12(15)10-5-3-9(4-6-10)11-13-7-2-8-14-11;12-10(15)8-2-4-9(5-3-8)11-13-6-1-7-14-11;14-11(15)9-4-2-8(3-5-9)10-12-6-1-7-13-10;1-13-8(10)6-2-4-7(5-3-6)9(11)12;1-11-5(8)3-2-4(7)6(9)10;1-2-4-6-5-3-1;5-4-6-2-1-3-7-4;1-4(2)3;/h2-6,9-10,13H,7-8H2,1H3,(H,20,22)(H,23,24);2-8H,1H3;1-7H;1-7H,(H,14,15);2-5,11-12H,1H3;4H,2-3,7H2,1H3,(H,9,10);6H,1-5H2;1-3H;;1H/t13-;;;;;4-;;;;/m0....0..../s1. The molecule has 0 radical (unpaired) electrons. The number of ether oxygens (including phenoxy) is 4. The lowest BCUT2D eigenvalue weighted by Gasteiger charge is -2.14. The second-order valence-electron chi connectivity index (χ2n) is 21.7. The topological polar surface area (TPSA) is 488 Å². The molecule has 0 spiro atoms. The molecule has 0 saturated carbocycles. The van der Waals surface area contributed by atoms with Gasteiger partial charge in [0.15, 0.2) is 28.0 Å². The number of carboxylic acids is 3. The van der Waals surface area contributed by atoms with E-state index >= 15 is 0 Å². The third-order valence-corrected chi connectivity index (χ3v) is 14.7. The molecule has 1 amide bonds. The Kier molecular flexibility index (Phi) is 49.1. The molecule has 10 aromatic rings. The summed E-state index contributed by atoms with van der Waals surface area (Å²) >= 11 is 8.42. The molecule has 1 fully saturated rings. The summed E-state index contributed by atoms with van der Waals surface area (Å²) in [6.45, 7) is 2.50. The van der Waals surface area contributed by atoms with Crippen molar-refractivity contribution in [3.05, 3.63) is 246 Å². The molecule has 5 aromatic carbocycles. The number of benzene rings is 5. The van der Waals surface area contributed by atoms with Gasteiger partial charge in [-0.05, 0) is 163 Å². The first-order valence-electron chi connectivity index (χ1n) is 32.8. The molecular weight excluding hydrogens is 1640 g/mol. The highest BCUT2D eigenvalue weighted by Gasteiger charge is 2.22. The SMILES string of the molecule is Brc1ncccn1.C1CCNCC1.COC(=O)CC[C@H](N)C(=O)O.COC(=O)CC[C@H](NC(=O)c1ccc(-c2ncccn2)cc1)C(=O)O.COC(=O)c1ccc(-c2ncccn2)cc1.COC(=O)c1ccc(B(O)O)cc1.Cl.O=C(Cl)c1ccc(-c2ncccn2)cc1.O=C(O)c1ccc(-c2ncccn2)cc1.O=S(Cl)Cl. The van der Waals surface area contributed by atoms with Gasteiger partial charge < -0.3 is 60.7 Å². The zero-order valence-electron chi connectivity index (χ0n) is 60.6. The molecular formula is C74H77BBrCl4N13O19S. The monoisotopic (exact) mass is 1710 g/mol. The summed E-state index contributed by atoms with van der Waals surface area (Å²) in [6.07, 6.45) is 20.8. The average molecular weight is 1720 g/mol. The van der Waals surface area contributed by atoms with Crippen LogP contribution in [0.15, 0.2) is 218 Å². The molecule has 1 aliphatic heterocycles. The summed E-state index contributed by atoms with van der Waals surface area (Å²) in [5, 5.41) is 48.9. The number of hydrogen-bond donors (Lipinski definition) is 8. The number of nitrogens with two attached hydrogens (primary N) is 1. The van der Waals surface area contributed by atoms with Crippen LogP contribution in [-0.4, -0.2) is 193 Å². The smallest absolute Gasteiger partial charge is 0.480 e. The van der Waals surface area contributed by atoms with Crippen molar-refractivity contribution in [1.82, 2.24) is 60.5 Å². The molecule has 0 unspecified atom stereocenters. The fraction of sp³-hybridized carbons (Fsp3) is 0.203. The first kappa shape index (κ1) is 97.7. The van der Waals surface area contributed by atoms with Crippen LogP contribution in [0.3, 0.4) is 0 Å². The van der Waals surface area contributed by atoms with Crippen LogP contribution in [0.4, 0.5) is 0 Å². The molecule has 32 nitrogen and oxygen atoms in total.